The van der Waals surface area contributed by atoms with Gasteiger partial charge in [0.05, 0.1) is 17.6 Å². The van der Waals surface area contributed by atoms with E-state index < -0.39 is 15.9 Å². The lowest BCUT2D eigenvalue weighted by atomic mass is 9.96. The second-order valence-corrected chi connectivity index (χ2v) is 8.22. The Hall–Kier alpha value is -0.100. The van der Waals surface area contributed by atoms with Crippen LogP contribution in [0.4, 0.5) is 0 Å². The summed E-state index contributed by atoms with van der Waals surface area (Å²) in [5.41, 5.74) is 0.844. The van der Waals surface area contributed by atoms with Gasteiger partial charge in [0.1, 0.15) is 0 Å². The van der Waals surface area contributed by atoms with Gasteiger partial charge in [0.2, 0.25) is 0 Å². The highest BCUT2D eigenvalue weighted by atomic mass is 79.9. The number of halogens is 2. The van der Waals surface area contributed by atoms with Crippen molar-refractivity contribution >= 4 is 37.4 Å². The molecule has 1 heterocycles. The predicted molar refractivity (Wildman–Crippen MR) is 75.6 cm³/mol. The van der Waals surface area contributed by atoms with E-state index in [0.29, 0.717) is 17.9 Å². The van der Waals surface area contributed by atoms with Gasteiger partial charge >= 0.3 is 0 Å². The van der Waals surface area contributed by atoms with Crippen molar-refractivity contribution in [3.05, 3.63) is 33.3 Å². The molecule has 1 aliphatic heterocycles. The second-order valence-electron chi connectivity index (χ2n) is 4.67. The fraction of sp³-hybridized carbons (Fsp3) is 0.500. The minimum absolute atomic E-state index is 0.0856. The van der Waals surface area contributed by atoms with Crippen molar-refractivity contribution in [2.75, 3.05) is 11.5 Å². The van der Waals surface area contributed by atoms with Crippen molar-refractivity contribution in [2.24, 2.45) is 5.92 Å². The first-order valence-electron chi connectivity index (χ1n) is 5.70. The van der Waals surface area contributed by atoms with Gasteiger partial charge in [-0.3, -0.25) is 0 Å². The molecule has 1 aliphatic rings. The van der Waals surface area contributed by atoms with Crippen molar-refractivity contribution in [3.63, 3.8) is 0 Å². The largest absolute Gasteiger partial charge is 0.392 e. The standard InChI is InChI=1S/C12H14BrClO3S/c13-10-2-1-8(11(14)6-10)5-12(15)9-3-4-18(16,17)7-9/h1-2,6,9,12,15H,3-5,7H2. The second kappa shape index (κ2) is 5.49. The van der Waals surface area contributed by atoms with E-state index in [9.17, 15) is 13.5 Å². The van der Waals surface area contributed by atoms with E-state index in [4.69, 9.17) is 11.6 Å². The summed E-state index contributed by atoms with van der Waals surface area (Å²) in [5.74, 6) is 0.0974. The van der Waals surface area contributed by atoms with Crippen molar-refractivity contribution in [1.29, 1.82) is 0 Å². The van der Waals surface area contributed by atoms with Gasteiger partial charge in [-0.05, 0) is 24.1 Å². The Morgan fingerprint density at radius 3 is 2.78 bits per heavy atom. The number of hydrogen-bond donors (Lipinski definition) is 1. The fourth-order valence-corrected chi connectivity index (χ4v) is 4.83. The van der Waals surface area contributed by atoms with E-state index in [1.807, 2.05) is 12.1 Å². The van der Waals surface area contributed by atoms with Gasteiger partial charge in [0.25, 0.3) is 0 Å². The van der Waals surface area contributed by atoms with E-state index in [1.165, 1.54) is 0 Å². The summed E-state index contributed by atoms with van der Waals surface area (Å²) >= 11 is 9.39. The molecule has 18 heavy (non-hydrogen) atoms. The Morgan fingerprint density at radius 1 is 1.50 bits per heavy atom. The molecule has 2 rings (SSSR count). The van der Waals surface area contributed by atoms with Crippen molar-refractivity contribution in [1.82, 2.24) is 0 Å². The van der Waals surface area contributed by atoms with Crippen molar-refractivity contribution < 1.29 is 13.5 Å². The quantitative estimate of drug-likeness (QED) is 0.908. The van der Waals surface area contributed by atoms with Crippen LogP contribution in [-0.4, -0.2) is 31.1 Å². The Labute approximate surface area is 120 Å². The van der Waals surface area contributed by atoms with Crippen LogP contribution >= 0.6 is 27.5 Å². The van der Waals surface area contributed by atoms with Gasteiger partial charge in [-0.25, -0.2) is 8.42 Å². The number of aliphatic hydroxyl groups excluding tert-OH is 1. The van der Waals surface area contributed by atoms with Crippen LogP contribution in [0.25, 0.3) is 0 Å². The SMILES string of the molecule is O=S1(=O)CCC(C(O)Cc2ccc(Br)cc2Cl)C1. The highest BCUT2D eigenvalue weighted by molar-refractivity contribution is 9.10. The average Bonchev–Trinajstić information content (AvgIpc) is 2.63. The Balaban J connectivity index is 2.05. The van der Waals surface area contributed by atoms with Gasteiger partial charge in [0.15, 0.2) is 9.84 Å². The normalized spacial score (nSPS) is 24.1. The fourth-order valence-electron chi connectivity index (χ4n) is 2.21. The van der Waals surface area contributed by atoms with Crippen LogP contribution in [0.1, 0.15) is 12.0 Å². The Morgan fingerprint density at radius 2 is 2.22 bits per heavy atom. The molecule has 6 heteroatoms. The highest BCUT2D eigenvalue weighted by Crippen LogP contribution is 2.27. The van der Waals surface area contributed by atoms with Crippen LogP contribution in [0.5, 0.6) is 0 Å². The molecule has 0 spiro atoms. The molecule has 1 N–H and O–H groups in total. The molecule has 1 aromatic rings. The van der Waals surface area contributed by atoms with Gasteiger partial charge in [-0.15, -0.1) is 0 Å². The van der Waals surface area contributed by atoms with E-state index in [1.54, 1.807) is 6.07 Å². The van der Waals surface area contributed by atoms with Gasteiger partial charge < -0.3 is 5.11 Å². The average molecular weight is 354 g/mol. The molecular formula is C12H14BrClO3S. The summed E-state index contributed by atoms with van der Waals surface area (Å²) in [6, 6.07) is 5.48. The molecular weight excluding hydrogens is 340 g/mol. The van der Waals surface area contributed by atoms with Crippen molar-refractivity contribution in [2.45, 2.75) is 18.9 Å². The zero-order chi connectivity index (χ0) is 13.3. The predicted octanol–water partition coefficient (Wildman–Crippen LogP) is 2.44. The van der Waals surface area contributed by atoms with Gasteiger partial charge in [-0.2, -0.15) is 0 Å². The van der Waals surface area contributed by atoms with Crippen LogP contribution in [-0.2, 0) is 16.3 Å². The van der Waals surface area contributed by atoms with E-state index in [2.05, 4.69) is 15.9 Å². The first kappa shape index (κ1) is 14.3. The molecule has 0 aromatic heterocycles. The molecule has 1 saturated heterocycles. The lowest BCUT2D eigenvalue weighted by Gasteiger charge is -2.17. The molecule has 0 saturated carbocycles. The third-order valence-electron chi connectivity index (χ3n) is 3.26. The van der Waals surface area contributed by atoms with E-state index in [-0.39, 0.29) is 17.4 Å². The monoisotopic (exact) mass is 352 g/mol. The van der Waals surface area contributed by atoms with Crippen LogP contribution in [0.3, 0.4) is 0 Å². The first-order chi connectivity index (χ1) is 8.37. The topological polar surface area (TPSA) is 54.4 Å². The number of hydrogen-bond acceptors (Lipinski definition) is 3. The molecule has 100 valence electrons. The minimum atomic E-state index is -2.95. The maximum absolute atomic E-state index is 11.4. The maximum atomic E-state index is 11.4. The smallest absolute Gasteiger partial charge is 0.150 e. The molecule has 1 aromatic carbocycles. The molecule has 0 radical (unpaired) electrons. The van der Waals surface area contributed by atoms with Crippen molar-refractivity contribution in [3.8, 4) is 0 Å². The van der Waals surface area contributed by atoms with Gasteiger partial charge in [-0.1, -0.05) is 33.6 Å². The van der Waals surface area contributed by atoms with E-state index >= 15 is 0 Å². The maximum Gasteiger partial charge on any atom is 0.150 e. The zero-order valence-electron chi connectivity index (χ0n) is 9.64. The summed E-state index contributed by atoms with van der Waals surface area (Å²) in [7, 11) is -2.95. The lowest BCUT2D eigenvalue weighted by Crippen LogP contribution is -2.24. The lowest BCUT2D eigenvalue weighted by molar-refractivity contribution is 0.120. The molecule has 2 atom stereocenters. The summed E-state index contributed by atoms with van der Waals surface area (Å²) in [6.45, 7) is 0. The Bertz CT molecular complexity index is 544. The number of benzene rings is 1. The molecule has 1 fully saturated rings. The number of aliphatic hydroxyl groups is 1. The molecule has 0 aliphatic carbocycles. The van der Waals surface area contributed by atoms with Crippen LogP contribution in [0.2, 0.25) is 5.02 Å². The number of sulfone groups is 1. The molecule has 2 unspecified atom stereocenters. The zero-order valence-corrected chi connectivity index (χ0v) is 12.8. The Kier molecular flexibility index (Phi) is 4.36. The summed E-state index contributed by atoms with van der Waals surface area (Å²) in [6.07, 6.45) is 0.283. The number of rotatable bonds is 3. The molecule has 0 bridgehead atoms. The van der Waals surface area contributed by atoms with E-state index in [0.717, 1.165) is 10.0 Å². The van der Waals surface area contributed by atoms with Crippen LogP contribution in [0, 0.1) is 5.92 Å². The molecule has 0 amide bonds. The van der Waals surface area contributed by atoms with Crippen LogP contribution in [0.15, 0.2) is 22.7 Å². The van der Waals surface area contributed by atoms with Gasteiger partial charge in [0, 0.05) is 21.8 Å². The van der Waals surface area contributed by atoms with Crippen LogP contribution < -0.4 is 0 Å². The third kappa shape index (κ3) is 3.47. The summed E-state index contributed by atoms with van der Waals surface area (Å²) < 4.78 is 23.6. The third-order valence-corrected chi connectivity index (χ3v) is 5.89. The molecule has 3 nitrogen and oxygen atoms in total. The highest BCUT2D eigenvalue weighted by Gasteiger charge is 2.32. The minimum Gasteiger partial charge on any atom is -0.392 e. The summed E-state index contributed by atoms with van der Waals surface area (Å²) in [5, 5.41) is 10.7. The first-order valence-corrected chi connectivity index (χ1v) is 8.69. The summed E-state index contributed by atoms with van der Waals surface area (Å²) in [4.78, 5) is 0.